The van der Waals surface area contributed by atoms with Gasteiger partial charge in [-0.2, -0.15) is 0 Å². The van der Waals surface area contributed by atoms with Crippen LogP contribution >= 0.6 is 0 Å². The summed E-state index contributed by atoms with van der Waals surface area (Å²) in [7, 11) is 0. The van der Waals surface area contributed by atoms with Crippen LogP contribution in [-0.2, 0) is 0 Å². The molecule has 0 saturated heterocycles. The van der Waals surface area contributed by atoms with Gasteiger partial charge in [-0.25, -0.2) is 0 Å². The van der Waals surface area contributed by atoms with Gasteiger partial charge in [0.15, 0.2) is 0 Å². The van der Waals surface area contributed by atoms with Crippen LogP contribution in [-0.4, -0.2) is 23.9 Å². The first-order valence-electron chi connectivity index (χ1n) is 2.86. The summed E-state index contributed by atoms with van der Waals surface area (Å²) in [5, 5.41) is 0. The Morgan fingerprint density at radius 3 is 1.82 bits per heavy atom. The van der Waals surface area contributed by atoms with Crippen molar-refractivity contribution in [2.45, 2.75) is 48.5 Å². The second kappa shape index (κ2) is 31.3. The first-order valence-corrected chi connectivity index (χ1v) is 2.86. The maximum Gasteiger partial charge on any atom is 0 e. The van der Waals surface area contributed by atoms with Gasteiger partial charge in [-0.05, 0) is 19.8 Å². The number of hydrogen-bond acceptors (Lipinski definition) is 0. The molecule has 11 heavy (non-hydrogen) atoms. The molecule has 0 aromatic rings. The molecule has 0 aliphatic heterocycles. The maximum absolute atomic E-state index is 3.67. The Kier molecular flexibility index (Phi) is 85.2. The molecule has 0 spiro atoms. The van der Waals surface area contributed by atoms with Crippen molar-refractivity contribution in [3.8, 4) is 0 Å². The van der Waals surface area contributed by atoms with E-state index in [1.807, 2.05) is 0 Å². The second-order valence-electron chi connectivity index (χ2n) is 1.55. The normalized spacial score (nSPS) is 6.73. The Morgan fingerprint density at radius 1 is 1.09 bits per heavy atom. The SMILES string of the molecule is C.C.C.[CH2]CC=CCCC.[Sn]. The van der Waals surface area contributed by atoms with Crippen molar-refractivity contribution >= 4 is 23.9 Å². The summed E-state index contributed by atoms with van der Waals surface area (Å²) in [5.41, 5.74) is 0. The average Bonchev–Trinajstić information content (AvgIpc) is 1.69. The summed E-state index contributed by atoms with van der Waals surface area (Å²) >= 11 is 0. The molecule has 0 N–H and O–H groups in total. The molecule has 0 saturated carbocycles. The topological polar surface area (TPSA) is 0 Å². The Labute approximate surface area is 91.4 Å². The summed E-state index contributed by atoms with van der Waals surface area (Å²) < 4.78 is 0. The van der Waals surface area contributed by atoms with E-state index in [9.17, 15) is 0 Å². The molecule has 0 heterocycles. The van der Waals surface area contributed by atoms with Crippen LogP contribution in [0.25, 0.3) is 0 Å². The van der Waals surface area contributed by atoms with Crippen molar-refractivity contribution in [2.24, 2.45) is 0 Å². The summed E-state index contributed by atoms with van der Waals surface area (Å²) in [4.78, 5) is 0. The molecule has 0 aromatic heterocycles. The van der Waals surface area contributed by atoms with Crippen molar-refractivity contribution < 1.29 is 0 Å². The maximum atomic E-state index is 3.67. The fourth-order valence-electron chi connectivity index (χ4n) is 0.402. The fraction of sp³-hybridized carbons (Fsp3) is 0.700. The zero-order valence-electron chi connectivity index (χ0n) is 5.48. The smallest absolute Gasteiger partial charge is 0 e. The predicted molar refractivity (Wildman–Crippen MR) is 60.0 cm³/mol. The third-order valence-electron chi connectivity index (χ3n) is 0.789. The molecule has 0 rings (SSSR count). The molecule has 0 fully saturated rings. The zero-order chi connectivity index (χ0) is 5.54. The van der Waals surface area contributed by atoms with Gasteiger partial charge in [0.2, 0.25) is 0 Å². The van der Waals surface area contributed by atoms with Crippen LogP contribution in [0.2, 0.25) is 0 Å². The van der Waals surface area contributed by atoms with Crippen molar-refractivity contribution in [1.29, 1.82) is 0 Å². The van der Waals surface area contributed by atoms with E-state index >= 15 is 0 Å². The van der Waals surface area contributed by atoms with Gasteiger partial charge >= 0.3 is 0 Å². The minimum absolute atomic E-state index is 0. The van der Waals surface area contributed by atoms with Gasteiger partial charge in [-0.15, -0.1) is 0 Å². The third-order valence-corrected chi connectivity index (χ3v) is 0.789. The van der Waals surface area contributed by atoms with Crippen molar-refractivity contribution in [3.05, 3.63) is 19.1 Å². The van der Waals surface area contributed by atoms with Gasteiger partial charge in [0.25, 0.3) is 0 Å². The molecule has 0 nitrogen and oxygen atoms in total. The molecule has 0 aromatic carbocycles. The quantitative estimate of drug-likeness (QED) is 0.532. The van der Waals surface area contributed by atoms with Gasteiger partial charge in [-0.1, -0.05) is 47.8 Å². The number of unbranched alkanes of at least 4 members (excludes halogenated alkanes) is 1. The van der Waals surface area contributed by atoms with E-state index in [0.717, 1.165) is 6.42 Å². The first kappa shape index (κ1) is 30.0. The van der Waals surface area contributed by atoms with E-state index < -0.39 is 0 Å². The van der Waals surface area contributed by atoms with E-state index in [4.69, 9.17) is 0 Å². The van der Waals surface area contributed by atoms with Crippen molar-refractivity contribution in [3.63, 3.8) is 0 Å². The number of allylic oxidation sites excluding steroid dienone is 2. The molecule has 0 aliphatic rings. The number of rotatable bonds is 3. The molecule has 0 amide bonds. The molecule has 0 atom stereocenters. The Morgan fingerprint density at radius 2 is 1.55 bits per heavy atom. The minimum Gasteiger partial charge on any atom is -0.0885 e. The Bertz CT molecular complexity index is 48.8. The van der Waals surface area contributed by atoms with E-state index in [-0.39, 0.29) is 46.2 Å². The van der Waals surface area contributed by atoms with Crippen molar-refractivity contribution in [2.75, 3.05) is 0 Å². The molecule has 69 valence electrons. The van der Waals surface area contributed by atoms with Crippen LogP contribution in [0.1, 0.15) is 48.5 Å². The second-order valence-corrected chi connectivity index (χ2v) is 1.55. The van der Waals surface area contributed by atoms with E-state index in [2.05, 4.69) is 26.0 Å². The van der Waals surface area contributed by atoms with Crippen molar-refractivity contribution in [1.82, 2.24) is 0 Å². The van der Waals surface area contributed by atoms with Gasteiger partial charge < -0.3 is 0 Å². The Hall–Kier alpha value is 0.539. The first-order chi connectivity index (χ1) is 3.41. The number of hydrogen-bond donors (Lipinski definition) is 0. The van der Waals surface area contributed by atoms with Crippen LogP contribution < -0.4 is 0 Å². The molecule has 1 heteroatoms. The molecular weight excluding hydrogens is 239 g/mol. The largest absolute Gasteiger partial charge is 0.0885 e. The van der Waals surface area contributed by atoms with Crippen LogP contribution in [0.4, 0.5) is 0 Å². The monoisotopic (exact) mass is 265 g/mol. The minimum atomic E-state index is 0. The summed E-state index contributed by atoms with van der Waals surface area (Å²) in [5.74, 6) is 0. The summed E-state index contributed by atoms with van der Waals surface area (Å²) in [6, 6.07) is 0. The molecule has 0 unspecified atom stereocenters. The summed E-state index contributed by atoms with van der Waals surface area (Å²) in [6.45, 7) is 5.84. The zero-order valence-corrected chi connectivity index (χ0v) is 8.34. The van der Waals surface area contributed by atoms with Gasteiger partial charge in [-0.3, -0.25) is 0 Å². The van der Waals surface area contributed by atoms with Gasteiger partial charge in [0, 0.05) is 23.9 Å². The van der Waals surface area contributed by atoms with Crippen LogP contribution in [0, 0.1) is 6.92 Å². The van der Waals surface area contributed by atoms with Gasteiger partial charge in [0.1, 0.15) is 0 Å². The Balaban J connectivity index is -0.0000000300. The van der Waals surface area contributed by atoms with E-state index in [1.54, 1.807) is 0 Å². The molecule has 0 bridgehead atoms. The molecule has 0 aliphatic carbocycles. The predicted octanol–water partition coefficient (Wildman–Crippen LogP) is 4.09. The summed E-state index contributed by atoms with van der Waals surface area (Å²) in [6.07, 6.45) is 7.66. The average molecular weight is 264 g/mol. The van der Waals surface area contributed by atoms with Crippen LogP contribution in [0.5, 0.6) is 0 Å². The van der Waals surface area contributed by atoms with Crippen LogP contribution in [0.15, 0.2) is 12.2 Å². The third kappa shape index (κ3) is 37.3. The fourth-order valence-corrected chi connectivity index (χ4v) is 0.402. The molecular formula is C10H25Sn. The van der Waals surface area contributed by atoms with E-state index in [1.165, 1.54) is 12.8 Å². The van der Waals surface area contributed by atoms with E-state index in [0.29, 0.717) is 0 Å². The standard InChI is InChI=1S/C7H13.3CH4.Sn/c1-3-5-7-6-4-2;;;;/h5,7H,1,3-4,6H2,2H3;3*1H4;. The van der Waals surface area contributed by atoms with Gasteiger partial charge in [0.05, 0.1) is 0 Å². The molecule has 5 radical (unpaired) electrons. The van der Waals surface area contributed by atoms with Crippen LogP contribution in [0.3, 0.4) is 0 Å².